The Morgan fingerprint density at radius 3 is 2.80 bits per heavy atom. The second-order valence-corrected chi connectivity index (χ2v) is 4.13. The molecule has 2 aromatic rings. The van der Waals surface area contributed by atoms with Crippen molar-refractivity contribution in [3.63, 3.8) is 0 Å². The van der Waals surface area contributed by atoms with Crippen LogP contribution in [0.15, 0.2) is 30.5 Å². The van der Waals surface area contributed by atoms with Crippen molar-refractivity contribution in [1.29, 1.82) is 0 Å². The summed E-state index contributed by atoms with van der Waals surface area (Å²) in [4.78, 5) is 18.5. The van der Waals surface area contributed by atoms with E-state index in [4.69, 9.17) is 16.7 Å². The van der Waals surface area contributed by atoms with Crippen molar-refractivity contribution in [3.8, 4) is 0 Å². The number of halogens is 1. The van der Waals surface area contributed by atoms with E-state index >= 15 is 0 Å². The molecular weight excluding hydrogens is 282 g/mol. The second kappa shape index (κ2) is 6.07. The zero-order chi connectivity index (χ0) is 14.5. The highest BCUT2D eigenvalue weighted by Crippen LogP contribution is 2.25. The molecule has 0 atom stereocenters. The Morgan fingerprint density at radius 2 is 2.10 bits per heavy atom. The van der Waals surface area contributed by atoms with Crippen LogP contribution < -0.4 is 16.0 Å². The minimum atomic E-state index is -1.12. The summed E-state index contributed by atoms with van der Waals surface area (Å²) in [6.45, 7) is 0. The summed E-state index contributed by atoms with van der Waals surface area (Å²) in [6.07, 6.45) is 0.431. The smallest absolute Gasteiger partial charge is 0.409 e. The highest BCUT2D eigenvalue weighted by molar-refractivity contribution is 6.28. The maximum absolute atomic E-state index is 10.6. The number of benzene rings is 1. The van der Waals surface area contributed by atoms with Gasteiger partial charge in [-0.25, -0.2) is 9.78 Å². The Balaban J connectivity index is 2.25. The average Bonchev–Trinajstić information content (AvgIpc) is 2.38. The van der Waals surface area contributed by atoms with E-state index in [9.17, 15) is 4.79 Å². The third kappa shape index (κ3) is 3.48. The van der Waals surface area contributed by atoms with Crippen LogP contribution in [0.1, 0.15) is 0 Å². The minimum Gasteiger partial charge on any atom is -0.465 e. The number of nitrogens with one attached hydrogen (secondary N) is 3. The lowest BCUT2D eigenvalue weighted by atomic mass is 10.2. The average molecular weight is 294 g/mol. The lowest BCUT2D eigenvalue weighted by Gasteiger charge is -2.11. The first-order valence-corrected chi connectivity index (χ1v) is 6.03. The molecular formula is C12H12ClN5O2. The van der Waals surface area contributed by atoms with E-state index < -0.39 is 6.09 Å². The highest BCUT2D eigenvalue weighted by atomic mass is 35.5. The SMILES string of the molecule is CNc1cnc(Cl)nc1Nc1cccc(NC(=O)O)c1. The van der Waals surface area contributed by atoms with Crippen molar-refractivity contribution in [2.45, 2.75) is 0 Å². The van der Waals surface area contributed by atoms with Gasteiger partial charge in [-0.05, 0) is 29.8 Å². The number of carbonyl (C=O) groups is 1. The van der Waals surface area contributed by atoms with Gasteiger partial charge in [0.05, 0.1) is 11.9 Å². The number of anilines is 4. The molecule has 104 valence electrons. The van der Waals surface area contributed by atoms with Gasteiger partial charge in [-0.2, -0.15) is 4.98 Å². The molecule has 1 heterocycles. The van der Waals surface area contributed by atoms with Crippen LogP contribution in [0, 0.1) is 0 Å². The van der Waals surface area contributed by atoms with Gasteiger partial charge in [0.25, 0.3) is 0 Å². The molecule has 4 N–H and O–H groups in total. The number of nitrogens with zero attached hydrogens (tertiary/aromatic N) is 2. The number of carboxylic acid groups (broad SMARTS) is 1. The topological polar surface area (TPSA) is 99.2 Å². The standard InChI is InChI=1S/C12H12ClN5O2/c1-14-9-6-15-11(13)18-10(9)16-7-3-2-4-8(5-7)17-12(19)20/h2-6,14,17H,1H3,(H,19,20)(H,15,16,18). The molecule has 0 aliphatic rings. The largest absolute Gasteiger partial charge is 0.465 e. The molecule has 0 fully saturated rings. The van der Waals surface area contributed by atoms with E-state index in [0.29, 0.717) is 22.9 Å². The number of hydrogen-bond donors (Lipinski definition) is 4. The van der Waals surface area contributed by atoms with Crippen molar-refractivity contribution in [1.82, 2.24) is 9.97 Å². The van der Waals surface area contributed by atoms with E-state index in [2.05, 4.69) is 25.9 Å². The first-order chi connectivity index (χ1) is 9.58. The molecule has 0 unspecified atom stereocenters. The fraction of sp³-hybridized carbons (Fsp3) is 0.0833. The van der Waals surface area contributed by atoms with Gasteiger partial charge in [-0.1, -0.05) is 6.07 Å². The molecule has 8 heteroatoms. The Labute approximate surface area is 120 Å². The molecule has 1 aromatic carbocycles. The van der Waals surface area contributed by atoms with Crippen molar-refractivity contribution in [2.75, 3.05) is 23.0 Å². The summed E-state index contributed by atoms with van der Waals surface area (Å²) in [6, 6.07) is 6.78. The Kier molecular flexibility index (Phi) is 4.21. The molecule has 20 heavy (non-hydrogen) atoms. The van der Waals surface area contributed by atoms with Crippen LogP contribution in [-0.2, 0) is 0 Å². The van der Waals surface area contributed by atoms with E-state index in [1.807, 2.05) is 0 Å². The van der Waals surface area contributed by atoms with Gasteiger partial charge in [0, 0.05) is 18.4 Å². The predicted octanol–water partition coefficient (Wildman–Crippen LogP) is 3.01. The van der Waals surface area contributed by atoms with Crippen LogP contribution in [-0.4, -0.2) is 28.2 Å². The number of rotatable bonds is 4. The predicted molar refractivity (Wildman–Crippen MR) is 78.0 cm³/mol. The van der Waals surface area contributed by atoms with Gasteiger partial charge in [0.1, 0.15) is 0 Å². The first-order valence-electron chi connectivity index (χ1n) is 5.66. The summed E-state index contributed by atoms with van der Waals surface area (Å²) < 4.78 is 0. The van der Waals surface area contributed by atoms with Crippen LogP contribution in [0.3, 0.4) is 0 Å². The van der Waals surface area contributed by atoms with E-state index in [0.717, 1.165) is 0 Å². The van der Waals surface area contributed by atoms with Crippen LogP contribution in [0.4, 0.5) is 27.7 Å². The summed E-state index contributed by atoms with van der Waals surface area (Å²) in [5.41, 5.74) is 1.79. The molecule has 0 aliphatic carbocycles. The Morgan fingerprint density at radius 1 is 1.35 bits per heavy atom. The van der Waals surface area contributed by atoms with Crippen LogP contribution >= 0.6 is 11.6 Å². The molecule has 0 saturated carbocycles. The zero-order valence-corrected chi connectivity index (χ0v) is 11.3. The van der Waals surface area contributed by atoms with Gasteiger partial charge in [-0.15, -0.1) is 0 Å². The maximum Gasteiger partial charge on any atom is 0.409 e. The van der Waals surface area contributed by atoms with E-state index in [1.165, 1.54) is 0 Å². The summed E-state index contributed by atoms with van der Waals surface area (Å²) >= 11 is 5.76. The normalized spacial score (nSPS) is 9.90. The van der Waals surface area contributed by atoms with Gasteiger partial charge in [-0.3, -0.25) is 5.32 Å². The molecule has 0 radical (unpaired) electrons. The van der Waals surface area contributed by atoms with Gasteiger partial charge in [0.2, 0.25) is 5.28 Å². The fourth-order valence-corrected chi connectivity index (χ4v) is 1.71. The van der Waals surface area contributed by atoms with Gasteiger partial charge >= 0.3 is 6.09 Å². The second-order valence-electron chi connectivity index (χ2n) is 3.79. The lowest BCUT2D eigenvalue weighted by Crippen LogP contribution is -2.07. The van der Waals surface area contributed by atoms with Crippen molar-refractivity contribution < 1.29 is 9.90 Å². The van der Waals surface area contributed by atoms with Crippen molar-refractivity contribution in [2.24, 2.45) is 0 Å². The number of aromatic nitrogens is 2. The highest BCUT2D eigenvalue weighted by Gasteiger charge is 2.06. The third-order valence-electron chi connectivity index (χ3n) is 2.41. The molecule has 0 bridgehead atoms. The summed E-state index contributed by atoms with van der Waals surface area (Å²) in [5, 5.41) is 17.1. The van der Waals surface area contributed by atoms with Gasteiger partial charge in [0.15, 0.2) is 5.82 Å². The molecule has 2 rings (SSSR count). The lowest BCUT2D eigenvalue weighted by molar-refractivity contribution is 0.210. The maximum atomic E-state index is 10.6. The van der Waals surface area contributed by atoms with E-state index in [-0.39, 0.29) is 5.28 Å². The molecule has 0 saturated heterocycles. The molecule has 1 amide bonds. The monoisotopic (exact) mass is 293 g/mol. The van der Waals surface area contributed by atoms with E-state index in [1.54, 1.807) is 37.5 Å². The van der Waals surface area contributed by atoms with Crippen LogP contribution in [0.25, 0.3) is 0 Å². The van der Waals surface area contributed by atoms with Gasteiger partial charge < -0.3 is 15.7 Å². The fourth-order valence-electron chi connectivity index (χ4n) is 1.57. The van der Waals surface area contributed by atoms with Crippen molar-refractivity contribution >= 4 is 40.6 Å². The molecule has 0 spiro atoms. The summed E-state index contributed by atoms with van der Waals surface area (Å²) in [7, 11) is 1.74. The Hall–Kier alpha value is -2.54. The number of hydrogen-bond acceptors (Lipinski definition) is 5. The quantitative estimate of drug-likeness (QED) is 0.647. The first kappa shape index (κ1) is 13.9. The molecule has 1 aromatic heterocycles. The van der Waals surface area contributed by atoms with Crippen LogP contribution in [0.5, 0.6) is 0 Å². The van der Waals surface area contributed by atoms with Crippen LogP contribution in [0.2, 0.25) is 5.28 Å². The molecule has 0 aliphatic heterocycles. The minimum absolute atomic E-state index is 0.117. The zero-order valence-electron chi connectivity index (χ0n) is 10.5. The third-order valence-corrected chi connectivity index (χ3v) is 2.59. The molecule has 7 nitrogen and oxygen atoms in total. The summed E-state index contributed by atoms with van der Waals surface area (Å²) in [5.74, 6) is 0.500. The Bertz CT molecular complexity index is 635. The number of amides is 1. The van der Waals surface area contributed by atoms with Crippen molar-refractivity contribution in [3.05, 3.63) is 35.7 Å².